The van der Waals surface area contributed by atoms with Crippen molar-refractivity contribution in [1.82, 2.24) is 9.21 Å². The number of hydrogen-bond donors (Lipinski definition) is 2. The largest absolute Gasteiger partial charge is 0.508 e. The molecule has 2 aromatic carbocycles. The van der Waals surface area contributed by atoms with Gasteiger partial charge in [0.05, 0.1) is 23.1 Å². The average molecular weight is 501 g/mol. The van der Waals surface area contributed by atoms with Crippen LogP contribution in [0.3, 0.4) is 0 Å². The van der Waals surface area contributed by atoms with Gasteiger partial charge in [0, 0.05) is 32.3 Å². The van der Waals surface area contributed by atoms with Crippen molar-refractivity contribution in [2.75, 3.05) is 33.4 Å². The Bertz CT molecular complexity index is 1230. The topological polar surface area (TPSA) is 124 Å². The number of ketones is 1. The van der Waals surface area contributed by atoms with Crippen molar-refractivity contribution in [3.05, 3.63) is 65.2 Å². The summed E-state index contributed by atoms with van der Waals surface area (Å²) < 4.78 is 32.4. The first-order chi connectivity index (χ1) is 16.8. The molecule has 2 aliphatic heterocycles. The molecule has 2 fully saturated rings. The van der Waals surface area contributed by atoms with Crippen molar-refractivity contribution in [3.8, 4) is 5.75 Å². The van der Waals surface area contributed by atoms with Crippen LogP contribution in [0.5, 0.6) is 5.75 Å². The standard InChI is InChI=1S/C25H28N2O7S/c1-34-16-15-27-22(17-5-9-19(28)10-6-17)21(24(30)25(27)31)23(29)18-7-11-20(12-8-18)35(32,33)26-13-3-2-4-14-26/h5-12,22,28-29H,2-4,13-16H2,1H3/b23-21+/t22-/m0/s1. The van der Waals surface area contributed by atoms with E-state index in [1.165, 1.54) is 52.7 Å². The smallest absolute Gasteiger partial charge is 0.295 e. The number of likely N-dealkylation sites (tertiary alicyclic amines) is 1. The highest BCUT2D eigenvalue weighted by molar-refractivity contribution is 7.89. The maximum atomic E-state index is 13.0. The molecule has 4 rings (SSSR count). The maximum absolute atomic E-state index is 13.0. The molecular weight excluding hydrogens is 472 g/mol. The average Bonchev–Trinajstić information content (AvgIpc) is 3.13. The van der Waals surface area contributed by atoms with Crippen molar-refractivity contribution in [2.24, 2.45) is 0 Å². The lowest BCUT2D eigenvalue weighted by atomic mass is 9.95. The number of amides is 1. The number of aliphatic hydroxyl groups excluding tert-OH is 1. The van der Waals surface area contributed by atoms with Crippen molar-refractivity contribution >= 4 is 27.5 Å². The molecule has 2 saturated heterocycles. The lowest BCUT2D eigenvalue weighted by Gasteiger charge is -2.26. The minimum absolute atomic E-state index is 0.0214. The predicted molar refractivity (Wildman–Crippen MR) is 128 cm³/mol. The summed E-state index contributed by atoms with van der Waals surface area (Å²) in [4.78, 5) is 27.2. The number of Topliss-reactive ketones (excluding diaryl/α,β-unsaturated/α-hetero) is 1. The van der Waals surface area contributed by atoms with E-state index in [0.29, 0.717) is 18.7 Å². The monoisotopic (exact) mass is 500 g/mol. The van der Waals surface area contributed by atoms with Gasteiger partial charge in [-0.3, -0.25) is 9.59 Å². The molecule has 1 atom stereocenters. The number of carbonyl (C=O) groups excluding carboxylic acids is 2. The quantitative estimate of drug-likeness (QED) is 0.340. The molecule has 2 N–H and O–H groups in total. The fourth-order valence-electron chi connectivity index (χ4n) is 4.50. The number of phenols is 1. The molecule has 1 amide bonds. The lowest BCUT2D eigenvalue weighted by Crippen LogP contribution is -2.35. The Labute approximate surface area is 204 Å². The van der Waals surface area contributed by atoms with Gasteiger partial charge in [0.2, 0.25) is 10.0 Å². The third-order valence-electron chi connectivity index (χ3n) is 6.37. The number of rotatable bonds is 7. The molecule has 35 heavy (non-hydrogen) atoms. The van der Waals surface area contributed by atoms with E-state index in [4.69, 9.17) is 4.74 Å². The van der Waals surface area contributed by atoms with E-state index >= 15 is 0 Å². The summed E-state index contributed by atoms with van der Waals surface area (Å²) in [6.45, 7) is 1.25. The molecule has 10 heteroatoms. The number of aliphatic hydroxyl groups is 1. The van der Waals surface area contributed by atoms with Gasteiger partial charge in [-0.05, 0) is 54.8 Å². The molecule has 0 radical (unpaired) electrons. The van der Waals surface area contributed by atoms with E-state index in [9.17, 15) is 28.2 Å². The zero-order chi connectivity index (χ0) is 25.2. The van der Waals surface area contributed by atoms with Crippen LogP contribution in [0.1, 0.15) is 36.4 Å². The van der Waals surface area contributed by atoms with Gasteiger partial charge in [0.1, 0.15) is 11.5 Å². The second-order valence-corrected chi connectivity index (χ2v) is 10.5. The van der Waals surface area contributed by atoms with Gasteiger partial charge in [-0.1, -0.05) is 18.6 Å². The SMILES string of the molecule is COCCN1C(=O)C(=O)/C(=C(/O)c2ccc(S(=O)(=O)N3CCCCC3)cc2)[C@@H]1c1ccc(O)cc1. The Balaban J connectivity index is 1.73. The molecule has 0 unspecified atom stereocenters. The number of hydrogen-bond acceptors (Lipinski definition) is 7. The summed E-state index contributed by atoms with van der Waals surface area (Å²) in [6, 6.07) is 10.8. The molecule has 9 nitrogen and oxygen atoms in total. The Morgan fingerprint density at radius 2 is 1.63 bits per heavy atom. The maximum Gasteiger partial charge on any atom is 0.295 e. The van der Waals surface area contributed by atoms with E-state index in [1.54, 1.807) is 12.1 Å². The first-order valence-electron chi connectivity index (χ1n) is 11.4. The van der Waals surface area contributed by atoms with Crippen molar-refractivity contribution < 1.29 is 33.0 Å². The van der Waals surface area contributed by atoms with E-state index in [1.807, 2.05) is 0 Å². The van der Waals surface area contributed by atoms with Gasteiger partial charge in [-0.25, -0.2) is 8.42 Å². The van der Waals surface area contributed by atoms with Crippen LogP contribution in [0.25, 0.3) is 5.76 Å². The minimum atomic E-state index is -3.65. The van der Waals surface area contributed by atoms with E-state index in [-0.39, 0.29) is 34.9 Å². The van der Waals surface area contributed by atoms with Crippen LogP contribution in [0, 0.1) is 0 Å². The summed E-state index contributed by atoms with van der Waals surface area (Å²) in [5.74, 6) is -2.00. The number of ether oxygens (including phenoxy) is 1. The Hall–Kier alpha value is -3.21. The molecule has 0 aliphatic carbocycles. The molecule has 0 saturated carbocycles. The summed E-state index contributed by atoms with van der Waals surface area (Å²) in [6.07, 6.45) is 2.64. The normalized spacial score (nSPS) is 20.9. The van der Waals surface area contributed by atoms with Gasteiger partial charge in [0.25, 0.3) is 11.7 Å². The summed E-state index contributed by atoms with van der Waals surface area (Å²) in [7, 11) is -2.17. The Morgan fingerprint density at radius 3 is 2.23 bits per heavy atom. The van der Waals surface area contributed by atoms with Crippen LogP contribution in [-0.4, -0.2) is 72.9 Å². The molecule has 0 aromatic heterocycles. The fraction of sp³-hybridized carbons (Fsp3) is 0.360. The van der Waals surface area contributed by atoms with Crippen LogP contribution in [-0.2, 0) is 24.3 Å². The Kier molecular flexibility index (Phi) is 7.25. The molecule has 2 aliphatic rings. The molecule has 0 spiro atoms. The minimum Gasteiger partial charge on any atom is -0.508 e. The number of carbonyl (C=O) groups is 2. The second-order valence-electron chi connectivity index (χ2n) is 8.57. The number of benzene rings is 2. The second kappa shape index (κ2) is 10.2. The van der Waals surface area contributed by atoms with Crippen molar-refractivity contribution in [1.29, 1.82) is 0 Å². The molecule has 186 valence electrons. The van der Waals surface area contributed by atoms with Gasteiger partial charge in [0.15, 0.2) is 0 Å². The highest BCUT2D eigenvalue weighted by Gasteiger charge is 2.45. The first-order valence-corrected chi connectivity index (χ1v) is 12.9. The molecule has 2 heterocycles. The zero-order valence-corrected chi connectivity index (χ0v) is 20.2. The van der Waals surface area contributed by atoms with Gasteiger partial charge in [-0.2, -0.15) is 4.31 Å². The highest BCUT2D eigenvalue weighted by atomic mass is 32.2. The van der Waals surface area contributed by atoms with Crippen LogP contribution in [0.2, 0.25) is 0 Å². The predicted octanol–water partition coefficient (Wildman–Crippen LogP) is 2.63. The number of phenolic OH excluding ortho intramolecular Hbond substituents is 1. The van der Waals surface area contributed by atoms with E-state index in [2.05, 4.69) is 0 Å². The van der Waals surface area contributed by atoms with Crippen LogP contribution in [0.15, 0.2) is 59.0 Å². The number of methoxy groups -OCH3 is 1. The molecule has 0 bridgehead atoms. The number of sulfonamides is 1. The van der Waals surface area contributed by atoms with Gasteiger partial charge < -0.3 is 19.8 Å². The highest BCUT2D eigenvalue weighted by Crippen LogP contribution is 2.39. The summed E-state index contributed by atoms with van der Waals surface area (Å²) in [5.41, 5.74) is 0.642. The fourth-order valence-corrected chi connectivity index (χ4v) is 6.02. The van der Waals surface area contributed by atoms with Crippen LogP contribution in [0.4, 0.5) is 0 Å². The molecular formula is C25H28N2O7S. The molecule has 2 aromatic rings. The third kappa shape index (κ3) is 4.82. The summed E-state index contributed by atoms with van der Waals surface area (Å²) in [5, 5.41) is 20.8. The van der Waals surface area contributed by atoms with E-state index in [0.717, 1.165) is 19.3 Å². The zero-order valence-electron chi connectivity index (χ0n) is 19.4. The summed E-state index contributed by atoms with van der Waals surface area (Å²) >= 11 is 0. The van der Waals surface area contributed by atoms with Gasteiger partial charge in [-0.15, -0.1) is 0 Å². The third-order valence-corrected chi connectivity index (χ3v) is 8.28. The number of nitrogens with zero attached hydrogens (tertiary/aromatic N) is 2. The van der Waals surface area contributed by atoms with Gasteiger partial charge >= 0.3 is 0 Å². The van der Waals surface area contributed by atoms with Crippen molar-refractivity contribution in [3.63, 3.8) is 0 Å². The number of piperidine rings is 1. The van der Waals surface area contributed by atoms with Crippen LogP contribution >= 0.6 is 0 Å². The Morgan fingerprint density at radius 1 is 1.00 bits per heavy atom. The van der Waals surface area contributed by atoms with Crippen LogP contribution < -0.4 is 0 Å². The first kappa shape index (κ1) is 24.9. The number of aromatic hydroxyl groups is 1. The van der Waals surface area contributed by atoms with Crippen molar-refractivity contribution in [2.45, 2.75) is 30.2 Å². The lowest BCUT2D eigenvalue weighted by molar-refractivity contribution is -0.140. The van der Waals surface area contributed by atoms with E-state index < -0.39 is 33.5 Å².